The van der Waals surface area contributed by atoms with Gasteiger partial charge in [-0.1, -0.05) is 43.3 Å². The molecule has 0 radical (unpaired) electrons. The number of hydrogen-bond acceptors (Lipinski definition) is 3. The Morgan fingerprint density at radius 3 is 2.50 bits per heavy atom. The third-order valence-corrected chi connectivity index (χ3v) is 3.58. The average Bonchev–Trinajstić information content (AvgIpc) is 2.53. The van der Waals surface area contributed by atoms with Crippen LogP contribution in [-0.4, -0.2) is 10.8 Å². The quantitative estimate of drug-likeness (QED) is 0.674. The van der Waals surface area contributed by atoms with Crippen LogP contribution in [0.4, 0.5) is 5.69 Å². The van der Waals surface area contributed by atoms with Crippen LogP contribution in [0.15, 0.2) is 48.5 Å². The largest absolute Gasteiger partial charge is 0.345 e. The van der Waals surface area contributed by atoms with Gasteiger partial charge in [0.1, 0.15) is 0 Å². The van der Waals surface area contributed by atoms with E-state index in [2.05, 4.69) is 5.32 Å². The van der Waals surface area contributed by atoms with Crippen LogP contribution < -0.4 is 5.32 Å². The molecule has 5 nitrogen and oxygen atoms in total. The number of hydrogen-bond donors (Lipinski definition) is 1. The number of nitrogens with one attached hydrogen (secondary N) is 1. The van der Waals surface area contributed by atoms with Gasteiger partial charge in [-0.15, -0.1) is 0 Å². The van der Waals surface area contributed by atoms with Gasteiger partial charge in [-0.3, -0.25) is 14.9 Å². The molecule has 1 amide bonds. The molecule has 114 valence electrons. The van der Waals surface area contributed by atoms with Gasteiger partial charge < -0.3 is 5.32 Å². The number of amides is 1. The Balaban J connectivity index is 2.21. The van der Waals surface area contributed by atoms with Gasteiger partial charge in [0.2, 0.25) is 0 Å². The first-order valence-corrected chi connectivity index (χ1v) is 7.13. The zero-order chi connectivity index (χ0) is 16.1. The van der Waals surface area contributed by atoms with E-state index in [1.807, 2.05) is 37.3 Å². The maximum absolute atomic E-state index is 12.3. The van der Waals surface area contributed by atoms with Gasteiger partial charge in [0, 0.05) is 17.2 Å². The van der Waals surface area contributed by atoms with Crippen molar-refractivity contribution in [2.75, 3.05) is 0 Å². The minimum absolute atomic E-state index is 0.0413. The molecule has 5 heteroatoms. The van der Waals surface area contributed by atoms with Crippen LogP contribution in [0.1, 0.15) is 40.9 Å². The molecular formula is C17H18N2O3. The van der Waals surface area contributed by atoms with Crippen molar-refractivity contribution in [3.63, 3.8) is 0 Å². The maximum atomic E-state index is 12.3. The smallest absolute Gasteiger partial charge is 0.273 e. The molecule has 0 fully saturated rings. The fraction of sp³-hybridized carbons (Fsp3) is 0.235. The first-order chi connectivity index (χ1) is 10.5. The fourth-order valence-electron chi connectivity index (χ4n) is 2.30. The lowest BCUT2D eigenvalue weighted by Gasteiger charge is -2.17. The van der Waals surface area contributed by atoms with E-state index in [1.165, 1.54) is 6.07 Å². The first-order valence-electron chi connectivity index (χ1n) is 7.13. The molecule has 0 saturated heterocycles. The Bertz CT molecular complexity index is 684. The molecule has 2 aromatic carbocycles. The molecule has 0 bridgehead atoms. The summed E-state index contributed by atoms with van der Waals surface area (Å²) in [6.07, 6.45) is 0.740. The third-order valence-electron chi connectivity index (χ3n) is 3.58. The van der Waals surface area contributed by atoms with Gasteiger partial charge in [0.15, 0.2) is 0 Å². The van der Waals surface area contributed by atoms with Crippen molar-refractivity contribution in [1.29, 1.82) is 0 Å². The van der Waals surface area contributed by atoms with Crippen molar-refractivity contribution in [3.8, 4) is 0 Å². The first kappa shape index (κ1) is 15.7. The van der Waals surface area contributed by atoms with E-state index in [-0.39, 0.29) is 17.6 Å². The van der Waals surface area contributed by atoms with Gasteiger partial charge in [-0.05, 0) is 25.0 Å². The zero-order valence-corrected chi connectivity index (χ0v) is 12.6. The highest BCUT2D eigenvalue weighted by Gasteiger charge is 2.17. The van der Waals surface area contributed by atoms with Crippen molar-refractivity contribution in [1.82, 2.24) is 5.32 Å². The van der Waals surface area contributed by atoms with E-state index in [0.29, 0.717) is 11.1 Å². The van der Waals surface area contributed by atoms with Crippen LogP contribution in [0.5, 0.6) is 0 Å². The van der Waals surface area contributed by atoms with Crippen LogP contribution in [0.2, 0.25) is 0 Å². The van der Waals surface area contributed by atoms with Crippen molar-refractivity contribution in [3.05, 3.63) is 75.3 Å². The summed E-state index contributed by atoms with van der Waals surface area (Å²) in [5.74, 6) is -0.307. The Hall–Kier alpha value is -2.69. The normalized spacial score (nSPS) is 11.7. The number of aryl methyl sites for hydroxylation is 1. The van der Waals surface area contributed by atoms with Gasteiger partial charge in [0.25, 0.3) is 11.6 Å². The lowest BCUT2D eigenvalue weighted by Crippen LogP contribution is -2.28. The Morgan fingerprint density at radius 2 is 1.91 bits per heavy atom. The van der Waals surface area contributed by atoms with Gasteiger partial charge in [0.05, 0.1) is 11.0 Å². The Labute approximate surface area is 129 Å². The van der Waals surface area contributed by atoms with Crippen LogP contribution in [0, 0.1) is 17.0 Å². The molecule has 1 atom stereocenters. The fourth-order valence-corrected chi connectivity index (χ4v) is 2.30. The molecule has 0 aromatic heterocycles. The number of carbonyl (C=O) groups excluding carboxylic acids is 1. The van der Waals surface area contributed by atoms with Crippen molar-refractivity contribution < 1.29 is 9.72 Å². The molecule has 22 heavy (non-hydrogen) atoms. The van der Waals surface area contributed by atoms with E-state index in [1.54, 1.807) is 19.1 Å². The molecule has 0 aliphatic heterocycles. The van der Waals surface area contributed by atoms with Gasteiger partial charge in [-0.2, -0.15) is 0 Å². The Morgan fingerprint density at radius 1 is 1.23 bits per heavy atom. The lowest BCUT2D eigenvalue weighted by atomic mass is 10.0. The summed E-state index contributed by atoms with van der Waals surface area (Å²) in [5, 5.41) is 13.9. The molecule has 1 N–H and O–H groups in total. The van der Waals surface area contributed by atoms with Crippen molar-refractivity contribution in [2.45, 2.75) is 26.3 Å². The van der Waals surface area contributed by atoms with Crippen LogP contribution in [0.25, 0.3) is 0 Å². The van der Waals surface area contributed by atoms with E-state index in [0.717, 1.165) is 12.0 Å². The van der Waals surface area contributed by atoms with E-state index >= 15 is 0 Å². The maximum Gasteiger partial charge on any atom is 0.273 e. The predicted molar refractivity (Wildman–Crippen MR) is 84.8 cm³/mol. The highest BCUT2D eigenvalue weighted by Crippen LogP contribution is 2.21. The summed E-state index contributed by atoms with van der Waals surface area (Å²) in [5.41, 5.74) is 1.81. The molecule has 0 spiro atoms. The third kappa shape index (κ3) is 3.49. The van der Waals surface area contributed by atoms with Crippen LogP contribution in [-0.2, 0) is 0 Å². The number of nitro groups is 1. The Kier molecular flexibility index (Phi) is 4.88. The average molecular weight is 298 g/mol. The molecule has 2 rings (SSSR count). The minimum atomic E-state index is -0.472. The van der Waals surface area contributed by atoms with Gasteiger partial charge in [-0.25, -0.2) is 0 Å². The highest BCUT2D eigenvalue weighted by atomic mass is 16.6. The van der Waals surface area contributed by atoms with Crippen LogP contribution in [0.3, 0.4) is 0 Å². The number of rotatable bonds is 5. The van der Waals surface area contributed by atoms with Crippen LogP contribution >= 0.6 is 0 Å². The lowest BCUT2D eigenvalue weighted by molar-refractivity contribution is -0.385. The molecule has 0 aliphatic carbocycles. The van der Waals surface area contributed by atoms with E-state index in [4.69, 9.17) is 0 Å². The number of benzene rings is 2. The topological polar surface area (TPSA) is 72.2 Å². The summed E-state index contributed by atoms with van der Waals surface area (Å²) in [7, 11) is 0. The molecular weight excluding hydrogens is 280 g/mol. The van der Waals surface area contributed by atoms with Crippen molar-refractivity contribution in [2.24, 2.45) is 0 Å². The summed E-state index contributed by atoms with van der Waals surface area (Å²) in [4.78, 5) is 22.8. The predicted octanol–water partition coefficient (Wildman–Crippen LogP) is 3.78. The van der Waals surface area contributed by atoms with Gasteiger partial charge >= 0.3 is 0 Å². The second-order valence-electron chi connectivity index (χ2n) is 5.10. The molecule has 0 aliphatic rings. The van der Waals surface area contributed by atoms with E-state index < -0.39 is 4.92 Å². The second-order valence-corrected chi connectivity index (χ2v) is 5.10. The standard InChI is InChI=1S/C17H18N2O3/c1-3-15(13-7-5-4-6-8-13)18-17(20)14-10-9-12(2)16(11-14)19(21)22/h4-11,15H,3H2,1-2H3,(H,18,20)/t15-/m0/s1. The SMILES string of the molecule is CC[C@H](NC(=O)c1ccc(C)c([N+](=O)[O-])c1)c1ccccc1. The summed E-state index contributed by atoms with van der Waals surface area (Å²) in [6.45, 7) is 3.63. The number of carbonyl (C=O) groups is 1. The highest BCUT2D eigenvalue weighted by molar-refractivity contribution is 5.95. The number of nitro benzene ring substituents is 1. The van der Waals surface area contributed by atoms with Crippen molar-refractivity contribution >= 4 is 11.6 Å². The monoisotopic (exact) mass is 298 g/mol. The summed E-state index contributed by atoms with van der Waals surface area (Å²) < 4.78 is 0. The van der Waals surface area contributed by atoms with E-state index in [9.17, 15) is 14.9 Å². The summed E-state index contributed by atoms with van der Waals surface area (Å²) >= 11 is 0. The second kappa shape index (κ2) is 6.85. The molecule has 0 unspecified atom stereocenters. The molecule has 0 saturated carbocycles. The minimum Gasteiger partial charge on any atom is -0.345 e. The zero-order valence-electron chi connectivity index (χ0n) is 12.6. The number of nitrogens with zero attached hydrogens (tertiary/aromatic N) is 1. The molecule has 0 heterocycles. The summed E-state index contributed by atoms with van der Waals surface area (Å²) in [6, 6.07) is 14.1. The molecule has 2 aromatic rings.